The molecule has 1 aromatic rings. The average Bonchev–Trinajstić information content (AvgIpc) is 2.70. The second kappa shape index (κ2) is 6.69. The number of hydrogen-bond donors (Lipinski definition) is 2. The van der Waals surface area contributed by atoms with E-state index in [1.54, 1.807) is 13.0 Å². The molecule has 0 saturated heterocycles. The van der Waals surface area contributed by atoms with Crippen molar-refractivity contribution in [1.82, 2.24) is 4.31 Å². The topological polar surface area (TPSA) is 96.0 Å². The lowest BCUT2D eigenvalue weighted by molar-refractivity contribution is 0.315. The summed E-state index contributed by atoms with van der Waals surface area (Å²) in [5.41, 5.74) is 6.25. The summed E-state index contributed by atoms with van der Waals surface area (Å²) < 4.78 is 27.2. The number of thiophene rings is 1. The second-order valence-corrected chi connectivity index (χ2v) is 8.40. The Morgan fingerprint density at radius 3 is 2.68 bits per heavy atom. The van der Waals surface area contributed by atoms with Gasteiger partial charge in [0, 0.05) is 19.5 Å². The summed E-state index contributed by atoms with van der Waals surface area (Å²) in [6.45, 7) is 4.10. The molecule has 0 fully saturated rings. The van der Waals surface area contributed by atoms with E-state index in [4.69, 9.17) is 10.9 Å². The molecule has 0 aliphatic carbocycles. The van der Waals surface area contributed by atoms with Crippen LogP contribution in [0.1, 0.15) is 18.9 Å². The molecular formula is C10H16BrN3O3S2. The molecule has 0 spiro atoms. The predicted molar refractivity (Wildman–Crippen MR) is 79.2 cm³/mol. The first-order chi connectivity index (χ1) is 8.82. The summed E-state index contributed by atoms with van der Waals surface area (Å²) in [6, 6.07) is 1.64. The van der Waals surface area contributed by atoms with E-state index in [0.717, 1.165) is 9.35 Å². The molecule has 6 nitrogen and oxygen atoms in total. The molecule has 1 heterocycles. The van der Waals surface area contributed by atoms with Crippen LogP contribution in [0.15, 0.2) is 19.2 Å². The zero-order chi connectivity index (χ0) is 14.6. The number of hydrogen-bond acceptors (Lipinski definition) is 5. The van der Waals surface area contributed by atoms with Crippen LogP contribution < -0.4 is 5.73 Å². The van der Waals surface area contributed by atoms with Crippen molar-refractivity contribution in [1.29, 1.82) is 0 Å². The predicted octanol–water partition coefficient (Wildman–Crippen LogP) is 1.97. The molecule has 9 heteroatoms. The first kappa shape index (κ1) is 16.4. The van der Waals surface area contributed by atoms with E-state index in [1.807, 2.05) is 6.92 Å². The van der Waals surface area contributed by atoms with E-state index < -0.39 is 10.0 Å². The van der Waals surface area contributed by atoms with Crippen LogP contribution in [0, 0.1) is 6.92 Å². The van der Waals surface area contributed by atoms with Crippen molar-refractivity contribution in [3.05, 3.63) is 15.4 Å². The molecule has 0 aliphatic rings. The fraction of sp³-hybridized carbons (Fsp3) is 0.500. The second-order valence-electron chi connectivity index (χ2n) is 3.86. The minimum absolute atomic E-state index is 0.0113. The monoisotopic (exact) mass is 369 g/mol. The van der Waals surface area contributed by atoms with Gasteiger partial charge < -0.3 is 10.9 Å². The van der Waals surface area contributed by atoms with Gasteiger partial charge in [0.2, 0.25) is 0 Å². The number of nitrogens with zero attached hydrogens (tertiary/aromatic N) is 2. The molecule has 0 atom stereocenters. The fourth-order valence-electron chi connectivity index (χ4n) is 1.42. The lowest BCUT2D eigenvalue weighted by Gasteiger charge is -2.18. The van der Waals surface area contributed by atoms with Crippen molar-refractivity contribution < 1.29 is 13.6 Å². The van der Waals surface area contributed by atoms with Gasteiger partial charge in [-0.3, -0.25) is 0 Å². The minimum atomic E-state index is -3.53. The third kappa shape index (κ3) is 3.91. The third-order valence-corrected chi connectivity index (χ3v) is 7.09. The van der Waals surface area contributed by atoms with Crippen LogP contribution in [0.5, 0.6) is 0 Å². The van der Waals surface area contributed by atoms with Gasteiger partial charge in [-0.05, 0) is 34.5 Å². The van der Waals surface area contributed by atoms with E-state index in [1.165, 1.54) is 15.6 Å². The summed E-state index contributed by atoms with van der Waals surface area (Å²) >= 11 is 4.50. The molecule has 0 bridgehead atoms. The maximum absolute atomic E-state index is 12.4. The lowest BCUT2D eigenvalue weighted by Crippen LogP contribution is -2.33. The first-order valence-corrected chi connectivity index (χ1v) is 8.60. The zero-order valence-electron chi connectivity index (χ0n) is 10.6. The highest BCUT2D eigenvalue weighted by Crippen LogP contribution is 2.32. The van der Waals surface area contributed by atoms with Crippen molar-refractivity contribution in [3.8, 4) is 0 Å². The summed E-state index contributed by atoms with van der Waals surface area (Å²) in [5, 5.41) is 11.3. The molecule has 108 valence electrons. The van der Waals surface area contributed by atoms with Gasteiger partial charge in [0.05, 0.1) is 3.79 Å². The first-order valence-electron chi connectivity index (χ1n) is 5.55. The summed E-state index contributed by atoms with van der Waals surface area (Å²) in [5.74, 6) is 0.0113. The quantitative estimate of drug-likeness (QED) is 0.346. The van der Waals surface area contributed by atoms with Gasteiger partial charge in [-0.1, -0.05) is 12.1 Å². The Morgan fingerprint density at radius 2 is 2.26 bits per heavy atom. The molecule has 0 amide bonds. The van der Waals surface area contributed by atoms with Crippen LogP contribution in [-0.2, 0) is 10.0 Å². The van der Waals surface area contributed by atoms with E-state index in [-0.39, 0.29) is 18.8 Å². The molecule has 0 unspecified atom stereocenters. The van der Waals surface area contributed by atoms with Crippen LogP contribution >= 0.6 is 27.3 Å². The standard InChI is InChI=1S/C10H16BrN3O3S2/c1-3-14(5-4-8(12)13-15)19(16,17)9-6-7(2)10(11)18-9/h6,15H,3-5H2,1-2H3,(H2,12,13). The van der Waals surface area contributed by atoms with Crippen LogP contribution in [-0.4, -0.2) is 36.9 Å². The number of aryl methyl sites for hydroxylation is 1. The Balaban J connectivity index is 2.96. The molecule has 3 N–H and O–H groups in total. The van der Waals surface area contributed by atoms with Crippen molar-refractivity contribution in [2.24, 2.45) is 10.9 Å². The van der Waals surface area contributed by atoms with E-state index in [9.17, 15) is 8.42 Å². The molecule has 19 heavy (non-hydrogen) atoms. The largest absolute Gasteiger partial charge is 0.409 e. The highest BCUT2D eigenvalue weighted by Gasteiger charge is 2.25. The van der Waals surface area contributed by atoms with Crippen LogP contribution in [0.4, 0.5) is 0 Å². The number of rotatable bonds is 6. The summed E-state index contributed by atoms with van der Waals surface area (Å²) in [7, 11) is -3.53. The zero-order valence-corrected chi connectivity index (χ0v) is 13.8. The Morgan fingerprint density at radius 1 is 1.63 bits per heavy atom. The van der Waals surface area contributed by atoms with Gasteiger partial charge in [0.25, 0.3) is 10.0 Å². The number of amidine groups is 1. The van der Waals surface area contributed by atoms with E-state index >= 15 is 0 Å². The van der Waals surface area contributed by atoms with Crippen molar-refractivity contribution in [2.45, 2.75) is 24.5 Å². The van der Waals surface area contributed by atoms with Crippen molar-refractivity contribution in [3.63, 3.8) is 0 Å². The molecule has 0 aliphatic heterocycles. The Kier molecular flexibility index (Phi) is 5.78. The maximum atomic E-state index is 12.4. The third-order valence-electron chi connectivity index (χ3n) is 2.53. The minimum Gasteiger partial charge on any atom is -0.409 e. The molecule has 0 saturated carbocycles. The van der Waals surface area contributed by atoms with Gasteiger partial charge in [0.1, 0.15) is 10.0 Å². The number of nitrogens with two attached hydrogens (primary N) is 1. The lowest BCUT2D eigenvalue weighted by atomic mass is 10.4. The van der Waals surface area contributed by atoms with Crippen molar-refractivity contribution >= 4 is 43.1 Å². The SMILES string of the molecule is CCN(CCC(N)=NO)S(=O)(=O)c1cc(C)c(Br)s1. The van der Waals surface area contributed by atoms with Crippen LogP contribution in [0.3, 0.4) is 0 Å². The average molecular weight is 370 g/mol. The normalized spacial score (nSPS) is 13.2. The van der Waals surface area contributed by atoms with Crippen LogP contribution in [0.25, 0.3) is 0 Å². The fourth-order valence-corrected chi connectivity index (χ4v) is 5.25. The smallest absolute Gasteiger partial charge is 0.252 e. The van der Waals surface area contributed by atoms with E-state index in [0.29, 0.717) is 10.8 Å². The Hall–Kier alpha value is -0.640. The number of sulfonamides is 1. The van der Waals surface area contributed by atoms with E-state index in [2.05, 4.69) is 21.1 Å². The number of halogens is 1. The Bertz CT molecular complexity index is 549. The van der Waals surface area contributed by atoms with Gasteiger partial charge in [-0.15, -0.1) is 11.3 Å². The Labute approximate surface area is 125 Å². The van der Waals surface area contributed by atoms with Gasteiger partial charge >= 0.3 is 0 Å². The van der Waals surface area contributed by atoms with Gasteiger partial charge in [-0.2, -0.15) is 4.31 Å². The molecule has 1 aromatic heterocycles. The van der Waals surface area contributed by atoms with Crippen LogP contribution in [0.2, 0.25) is 0 Å². The molecule has 0 radical (unpaired) electrons. The maximum Gasteiger partial charge on any atom is 0.252 e. The summed E-state index contributed by atoms with van der Waals surface area (Å²) in [4.78, 5) is 0. The highest BCUT2D eigenvalue weighted by atomic mass is 79.9. The molecule has 1 rings (SSSR count). The molecule has 0 aromatic carbocycles. The van der Waals surface area contributed by atoms with Gasteiger partial charge in [0.15, 0.2) is 0 Å². The van der Waals surface area contributed by atoms with Gasteiger partial charge in [-0.25, -0.2) is 8.42 Å². The van der Waals surface area contributed by atoms with Crippen molar-refractivity contribution in [2.75, 3.05) is 13.1 Å². The number of oxime groups is 1. The molecular weight excluding hydrogens is 354 g/mol. The highest BCUT2D eigenvalue weighted by molar-refractivity contribution is 9.11. The summed E-state index contributed by atoms with van der Waals surface area (Å²) in [6.07, 6.45) is 0.190.